The average Bonchev–Trinajstić information content (AvgIpc) is 2.15. The van der Waals surface area contributed by atoms with E-state index < -0.39 is 0 Å². The number of hydrogen-bond acceptors (Lipinski definition) is 0. The Balaban J connectivity index is 2.68. The third-order valence-corrected chi connectivity index (χ3v) is 2.25. The zero-order chi connectivity index (χ0) is 8.81. The Bertz CT molecular complexity index is 283. The second kappa shape index (κ2) is 5.00. The van der Waals surface area contributed by atoms with E-state index in [0.717, 1.165) is 23.7 Å². The van der Waals surface area contributed by atoms with E-state index in [4.69, 9.17) is 6.42 Å². The molecule has 1 heteroatoms. The standard InChI is InChI=1S/C11H11Br/c1-2-10-5-3-6-11(9-10)7-4-8-12/h1,3,5-6,9H,4,7-8H2. The molecule has 0 aliphatic heterocycles. The van der Waals surface area contributed by atoms with Crippen molar-refractivity contribution in [3.63, 3.8) is 0 Å². The predicted molar refractivity (Wildman–Crippen MR) is 56.5 cm³/mol. The maximum Gasteiger partial charge on any atom is 0.0245 e. The minimum Gasteiger partial charge on any atom is -0.115 e. The molecule has 0 atom stereocenters. The SMILES string of the molecule is C#Cc1cccc(CCCBr)c1. The van der Waals surface area contributed by atoms with E-state index in [9.17, 15) is 0 Å². The van der Waals surface area contributed by atoms with Crippen molar-refractivity contribution in [2.75, 3.05) is 5.33 Å². The van der Waals surface area contributed by atoms with E-state index in [2.05, 4.69) is 34.0 Å². The molecule has 0 amide bonds. The van der Waals surface area contributed by atoms with Crippen molar-refractivity contribution in [3.05, 3.63) is 35.4 Å². The molecule has 0 saturated carbocycles. The molecule has 62 valence electrons. The van der Waals surface area contributed by atoms with Crippen LogP contribution in [0.15, 0.2) is 24.3 Å². The van der Waals surface area contributed by atoms with Crippen LogP contribution in [0.25, 0.3) is 0 Å². The van der Waals surface area contributed by atoms with Crippen molar-refractivity contribution in [2.45, 2.75) is 12.8 Å². The van der Waals surface area contributed by atoms with Gasteiger partial charge in [-0.15, -0.1) is 6.42 Å². The molecule has 0 aliphatic rings. The fourth-order valence-electron chi connectivity index (χ4n) is 1.09. The van der Waals surface area contributed by atoms with Crippen molar-refractivity contribution in [1.29, 1.82) is 0 Å². The van der Waals surface area contributed by atoms with Crippen LogP contribution in [0.3, 0.4) is 0 Å². The molecule has 1 rings (SSSR count). The second-order valence-corrected chi connectivity index (χ2v) is 3.43. The number of hydrogen-bond donors (Lipinski definition) is 0. The highest BCUT2D eigenvalue weighted by molar-refractivity contribution is 9.09. The number of benzene rings is 1. The lowest BCUT2D eigenvalue weighted by atomic mass is 10.1. The molecular formula is C11H11Br. The summed E-state index contributed by atoms with van der Waals surface area (Å²) in [5.41, 5.74) is 2.30. The first-order valence-electron chi connectivity index (χ1n) is 3.98. The maximum atomic E-state index is 5.29. The van der Waals surface area contributed by atoms with Gasteiger partial charge in [0.25, 0.3) is 0 Å². The fraction of sp³-hybridized carbons (Fsp3) is 0.273. The van der Waals surface area contributed by atoms with Gasteiger partial charge in [0.05, 0.1) is 0 Å². The number of rotatable bonds is 3. The van der Waals surface area contributed by atoms with Crippen LogP contribution >= 0.6 is 15.9 Å². The summed E-state index contributed by atoms with van der Waals surface area (Å²) in [5, 5.41) is 1.05. The van der Waals surface area contributed by atoms with Crippen LogP contribution in [0.5, 0.6) is 0 Å². The molecule has 0 bridgehead atoms. The van der Waals surface area contributed by atoms with Crippen LogP contribution in [-0.4, -0.2) is 5.33 Å². The summed E-state index contributed by atoms with van der Waals surface area (Å²) in [4.78, 5) is 0. The molecule has 0 aromatic heterocycles. The summed E-state index contributed by atoms with van der Waals surface area (Å²) in [7, 11) is 0. The molecule has 0 saturated heterocycles. The average molecular weight is 223 g/mol. The zero-order valence-corrected chi connectivity index (χ0v) is 8.47. The van der Waals surface area contributed by atoms with Crippen LogP contribution in [0.1, 0.15) is 17.5 Å². The second-order valence-electron chi connectivity index (χ2n) is 2.64. The molecule has 0 N–H and O–H groups in total. The minimum atomic E-state index is 0.974. The van der Waals surface area contributed by atoms with E-state index in [1.165, 1.54) is 5.56 Å². The fourth-order valence-corrected chi connectivity index (χ4v) is 1.37. The van der Waals surface area contributed by atoms with Gasteiger partial charge in [-0.25, -0.2) is 0 Å². The van der Waals surface area contributed by atoms with Gasteiger partial charge in [0.2, 0.25) is 0 Å². The normalized spacial score (nSPS) is 9.33. The summed E-state index contributed by atoms with van der Waals surface area (Å²) >= 11 is 3.40. The van der Waals surface area contributed by atoms with Gasteiger partial charge in [-0.05, 0) is 30.5 Å². The van der Waals surface area contributed by atoms with E-state index in [0.29, 0.717) is 0 Å². The molecule has 12 heavy (non-hydrogen) atoms. The van der Waals surface area contributed by atoms with Crippen molar-refractivity contribution in [2.24, 2.45) is 0 Å². The lowest BCUT2D eigenvalue weighted by molar-refractivity contribution is 0.939. The van der Waals surface area contributed by atoms with E-state index in [1.807, 2.05) is 12.1 Å². The molecule has 0 unspecified atom stereocenters. The quantitative estimate of drug-likeness (QED) is 0.545. The first-order chi connectivity index (χ1) is 5.86. The Morgan fingerprint density at radius 3 is 2.92 bits per heavy atom. The molecule has 0 fully saturated rings. The monoisotopic (exact) mass is 222 g/mol. The Hall–Kier alpha value is -0.740. The van der Waals surface area contributed by atoms with Crippen molar-refractivity contribution >= 4 is 15.9 Å². The van der Waals surface area contributed by atoms with E-state index in [1.54, 1.807) is 0 Å². The minimum absolute atomic E-state index is 0.974. The van der Waals surface area contributed by atoms with Gasteiger partial charge in [0.15, 0.2) is 0 Å². The largest absolute Gasteiger partial charge is 0.115 e. The van der Waals surface area contributed by atoms with Crippen LogP contribution < -0.4 is 0 Å². The van der Waals surface area contributed by atoms with Gasteiger partial charge < -0.3 is 0 Å². The Morgan fingerprint density at radius 2 is 2.25 bits per heavy atom. The van der Waals surface area contributed by atoms with Crippen LogP contribution in [0.2, 0.25) is 0 Å². The van der Waals surface area contributed by atoms with Gasteiger partial charge in [0, 0.05) is 10.9 Å². The molecule has 0 aliphatic carbocycles. The number of alkyl halides is 1. The van der Waals surface area contributed by atoms with Gasteiger partial charge in [-0.3, -0.25) is 0 Å². The van der Waals surface area contributed by atoms with Crippen LogP contribution in [-0.2, 0) is 6.42 Å². The van der Waals surface area contributed by atoms with Crippen molar-refractivity contribution in [1.82, 2.24) is 0 Å². The van der Waals surface area contributed by atoms with Crippen LogP contribution in [0, 0.1) is 12.3 Å². The molecule has 0 nitrogen and oxygen atoms in total. The van der Waals surface area contributed by atoms with Gasteiger partial charge in [-0.2, -0.15) is 0 Å². The van der Waals surface area contributed by atoms with Crippen molar-refractivity contribution in [3.8, 4) is 12.3 Å². The number of halogens is 1. The highest BCUT2D eigenvalue weighted by Gasteiger charge is 1.92. The highest BCUT2D eigenvalue weighted by Crippen LogP contribution is 2.07. The predicted octanol–water partition coefficient (Wildman–Crippen LogP) is 3.00. The summed E-state index contributed by atoms with van der Waals surface area (Å²) in [6, 6.07) is 8.16. The van der Waals surface area contributed by atoms with Crippen LogP contribution in [0.4, 0.5) is 0 Å². The summed E-state index contributed by atoms with van der Waals surface area (Å²) in [6.07, 6.45) is 7.55. The molecule has 1 aromatic carbocycles. The van der Waals surface area contributed by atoms with Crippen molar-refractivity contribution < 1.29 is 0 Å². The lowest BCUT2D eigenvalue weighted by Crippen LogP contribution is -1.86. The Morgan fingerprint density at radius 1 is 1.42 bits per heavy atom. The number of terminal acetylenes is 1. The highest BCUT2D eigenvalue weighted by atomic mass is 79.9. The van der Waals surface area contributed by atoms with Gasteiger partial charge in [-0.1, -0.05) is 34.0 Å². The van der Waals surface area contributed by atoms with E-state index in [-0.39, 0.29) is 0 Å². The maximum absolute atomic E-state index is 5.29. The first-order valence-corrected chi connectivity index (χ1v) is 5.10. The zero-order valence-electron chi connectivity index (χ0n) is 6.89. The molecular weight excluding hydrogens is 212 g/mol. The molecule has 1 aromatic rings. The summed E-state index contributed by atoms with van der Waals surface area (Å²) in [6.45, 7) is 0. The molecule has 0 heterocycles. The Kier molecular flexibility index (Phi) is 3.90. The smallest absolute Gasteiger partial charge is 0.0245 e. The third kappa shape index (κ3) is 2.71. The third-order valence-electron chi connectivity index (χ3n) is 1.69. The van der Waals surface area contributed by atoms with Gasteiger partial charge in [0.1, 0.15) is 0 Å². The lowest BCUT2D eigenvalue weighted by Gasteiger charge is -1.98. The van der Waals surface area contributed by atoms with E-state index >= 15 is 0 Å². The molecule has 0 radical (unpaired) electrons. The molecule has 0 spiro atoms. The number of aryl methyl sites for hydroxylation is 1. The summed E-state index contributed by atoms with van der Waals surface area (Å²) in [5.74, 6) is 2.63. The van der Waals surface area contributed by atoms with Gasteiger partial charge >= 0.3 is 0 Å². The summed E-state index contributed by atoms with van der Waals surface area (Å²) < 4.78 is 0. The topological polar surface area (TPSA) is 0 Å². The first kappa shape index (κ1) is 9.35. The Labute approximate surface area is 82.1 Å².